The summed E-state index contributed by atoms with van der Waals surface area (Å²) in [5.41, 5.74) is 4.36. The number of aliphatic carboxylic acids is 1. The molecule has 1 amide bonds. The molecule has 1 aliphatic rings. The molecule has 0 saturated carbocycles. The summed E-state index contributed by atoms with van der Waals surface area (Å²) in [4.78, 5) is 28.2. The van der Waals surface area contributed by atoms with Crippen LogP contribution < -0.4 is 5.32 Å². The molecule has 2 aromatic heterocycles. The zero-order chi connectivity index (χ0) is 21.9. The average Bonchev–Trinajstić information content (AvgIpc) is 3.14. The highest BCUT2D eigenvalue weighted by Crippen LogP contribution is 2.28. The number of nitrogens with zero attached hydrogens (tertiary/aromatic N) is 1. The van der Waals surface area contributed by atoms with Gasteiger partial charge in [-0.1, -0.05) is 12.1 Å². The van der Waals surface area contributed by atoms with Crippen LogP contribution in [0.2, 0.25) is 0 Å². The Labute approximate surface area is 167 Å². The summed E-state index contributed by atoms with van der Waals surface area (Å²) in [5.74, 6) is -3.14. The van der Waals surface area contributed by atoms with Gasteiger partial charge in [-0.15, -0.1) is 0 Å². The molecule has 3 heterocycles. The fraction of sp³-hybridized carbons (Fsp3) is 0.150. The molecule has 1 aliphatic heterocycles. The van der Waals surface area contributed by atoms with Crippen molar-refractivity contribution >= 4 is 11.9 Å². The largest absolute Gasteiger partial charge is 0.490 e. The van der Waals surface area contributed by atoms with Gasteiger partial charge in [0.05, 0.1) is 5.69 Å². The van der Waals surface area contributed by atoms with E-state index in [1.807, 2.05) is 18.2 Å². The Morgan fingerprint density at radius 2 is 1.83 bits per heavy atom. The van der Waals surface area contributed by atoms with Gasteiger partial charge in [0.25, 0.3) is 5.91 Å². The highest BCUT2D eigenvalue weighted by atomic mass is 19.4. The van der Waals surface area contributed by atoms with E-state index in [2.05, 4.69) is 15.3 Å². The Hall–Kier alpha value is -3.69. The van der Waals surface area contributed by atoms with Crippen LogP contribution in [0.4, 0.5) is 17.6 Å². The normalized spacial score (nSPS) is 13.0. The number of aromatic amines is 1. The van der Waals surface area contributed by atoms with Crippen LogP contribution >= 0.6 is 0 Å². The quantitative estimate of drug-likeness (QED) is 0.549. The predicted octanol–water partition coefficient (Wildman–Crippen LogP) is 3.80. The monoisotopic (exact) mass is 421 g/mol. The second-order valence-electron chi connectivity index (χ2n) is 6.30. The van der Waals surface area contributed by atoms with E-state index in [4.69, 9.17) is 9.90 Å². The van der Waals surface area contributed by atoms with Gasteiger partial charge in [-0.05, 0) is 42.3 Å². The summed E-state index contributed by atoms with van der Waals surface area (Å²) < 4.78 is 45.7. The number of nitrogens with one attached hydrogen (secondary N) is 2. The number of benzene rings is 1. The minimum absolute atomic E-state index is 0.0825. The van der Waals surface area contributed by atoms with Crippen molar-refractivity contribution < 1.29 is 32.3 Å². The van der Waals surface area contributed by atoms with Crippen molar-refractivity contribution in [2.24, 2.45) is 0 Å². The number of fused-ring (bicyclic) bond motifs is 1. The Kier molecular flexibility index (Phi) is 5.86. The minimum Gasteiger partial charge on any atom is -0.475 e. The maximum absolute atomic E-state index is 13.9. The lowest BCUT2D eigenvalue weighted by atomic mass is 10.1. The van der Waals surface area contributed by atoms with Gasteiger partial charge in [0.15, 0.2) is 0 Å². The van der Waals surface area contributed by atoms with Gasteiger partial charge in [0, 0.05) is 29.6 Å². The standard InChI is InChI=1S/C18H14FN3O.C2HF3O2/c19-14-4-2-1-3-13(14)16-9-11(5-7-20-16)15-10-12-6-8-21-18(23)17(12)22-15;3-2(4,5)1(6)7/h1-5,7,9-10,22H,6,8H2,(H,21,23);(H,6,7). The molecule has 30 heavy (non-hydrogen) atoms. The van der Waals surface area contributed by atoms with Crippen LogP contribution in [0.5, 0.6) is 0 Å². The van der Waals surface area contributed by atoms with E-state index in [1.165, 1.54) is 6.07 Å². The Balaban J connectivity index is 0.000000318. The third-order valence-corrected chi connectivity index (χ3v) is 4.27. The van der Waals surface area contributed by atoms with Crippen molar-refractivity contribution in [1.29, 1.82) is 0 Å². The maximum atomic E-state index is 13.9. The number of hydrogen-bond acceptors (Lipinski definition) is 3. The van der Waals surface area contributed by atoms with Gasteiger partial charge in [-0.3, -0.25) is 9.78 Å². The molecule has 156 valence electrons. The number of carbonyl (C=O) groups excluding carboxylic acids is 1. The molecule has 0 unspecified atom stereocenters. The van der Waals surface area contributed by atoms with Gasteiger partial charge < -0.3 is 15.4 Å². The predicted molar refractivity (Wildman–Crippen MR) is 99.1 cm³/mol. The van der Waals surface area contributed by atoms with E-state index < -0.39 is 12.1 Å². The molecule has 0 radical (unpaired) electrons. The fourth-order valence-electron chi connectivity index (χ4n) is 2.87. The van der Waals surface area contributed by atoms with Crippen LogP contribution in [0.3, 0.4) is 0 Å². The second kappa shape index (κ2) is 8.36. The number of pyridine rings is 1. The number of hydrogen-bond donors (Lipinski definition) is 3. The molecule has 0 aliphatic carbocycles. The Morgan fingerprint density at radius 1 is 1.13 bits per heavy atom. The first kappa shape index (κ1) is 21.0. The van der Waals surface area contributed by atoms with E-state index >= 15 is 0 Å². The fourth-order valence-corrected chi connectivity index (χ4v) is 2.87. The van der Waals surface area contributed by atoms with Crippen molar-refractivity contribution in [1.82, 2.24) is 15.3 Å². The molecular formula is C20H15F4N3O3. The number of carbonyl (C=O) groups is 2. The molecule has 0 fully saturated rings. The number of aromatic nitrogens is 2. The number of alkyl halides is 3. The molecule has 0 saturated heterocycles. The summed E-state index contributed by atoms with van der Waals surface area (Å²) in [7, 11) is 0. The third-order valence-electron chi connectivity index (χ3n) is 4.27. The lowest BCUT2D eigenvalue weighted by Crippen LogP contribution is -2.31. The molecule has 3 aromatic rings. The smallest absolute Gasteiger partial charge is 0.475 e. The van der Waals surface area contributed by atoms with E-state index in [0.717, 1.165) is 23.2 Å². The molecule has 0 bridgehead atoms. The number of carboxylic acids is 1. The molecule has 1 aromatic carbocycles. The first-order valence-electron chi connectivity index (χ1n) is 8.68. The van der Waals surface area contributed by atoms with Gasteiger partial charge in [-0.25, -0.2) is 9.18 Å². The van der Waals surface area contributed by atoms with Crippen LogP contribution in [-0.2, 0) is 11.2 Å². The van der Waals surface area contributed by atoms with Gasteiger partial charge >= 0.3 is 12.1 Å². The molecule has 0 atom stereocenters. The number of H-pyrrole nitrogens is 1. The maximum Gasteiger partial charge on any atom is 0.490 e. The lowest BCUT2D eigenvalue weighted by molar-refractivity contribution is -0.192. The topological polar surface area (TPSA) is 95.1 Å². The first-order chi connectivity index (χ1) is 14.2. The number of amides is 1. The molecule has 6 nitrogen and oxygen atoms in total. The van der Waals surface area contributed by atoms with E-state index in [-0.39, 0.29) is 11.7 Å². The summed E-state index contributed by atoms with van der Waals surface area (Å²) in [6.45, 7) is 0.653. The second-order valence-corrected chi connectivity index (χ2v) is 6.30. The van der Waals surface area contributed by atoms with E-state index in [1.54, 1.807) is 24.4 Å². The summed E-state index contributed by atoms with van der Waals surface area (Å²) >= 11 is 0. The van der Waals surface area contributed by atoms with Crippen molar-refractivity contribution in [2.75, 3.05) is 6.54 Å². The van der Waals surface area contributed by atoms with Gasteiger partial charge in [-0.2, -0.15) is 13.2 Å². The third kappa shape index (κ3) is 4.65. The molecule has 3 N–H and O–H groups in total. The van der Waals surface area contributed by atoms with E-state index in [0.29, 0.717) is 23.5 Å². The Morgan fingerprint density at radius 3 is 2.47 bits per heavy atom. The summed E-state index contributed by atoms with van der Waals surface area (Å²) in [6.07, 6.45) is -2.63. The highest BCUT2D eigenvalue weighted by molar-refractivity contribution is 5.96. The average molecular weight is 421 g/mol. The number of halogens is 4. The van der Waals surface area contributed by atoms with Crippen molar-refractivity contribution in [2.45, 2.75) is 12.6 Å². The van der Waals surface area contributed by atoms with Crippen molar-refractivity contribution in [3.05, 3.63) is 65.7 Å². The Bertz CT molecular complexity index is 1090. The van der Waals surface area contributed by atoms with Crippen LogP contribution in [0.1, 0.15) is 16.1 Å². The SMILES string of the molecule is O=C(O)C(F)(F)F.O=C1NCCc2cc(-c3ccnc(-c4ccccc4F)c3)[nH]c21. The lowest BCUT2D eigenvalue weighted by Gasteiger charge is -2.10. The molecular weight excluding hydrogens is 406 g/mol. The zero-order valence-electron chi connectivity index (χ0n) is 15.3. The van der Waals surface area contributed by atoms with E-state index in [9.17, 15) is 22.4 Å². The van der Waals surface area contributed by atoms with Crippen LogP contribution in [0.15, 0.2) is 48.7 Å². The summed E-state index contributed by atoms with van der Waals surface area (Å²) in [6, 6.07) is 12.2. The van der Waals surface area contributed by atoms with Crippen LogP contribution in [-0.4, -0.2) is 39.7 Å². The van der Waals surface area contributed by atoms with Crippen molar-refractivity contribution in [3.8, 4) is 22.5 Å². The highest BCUT2D eigenvalue weighted by Gasteiger charge is 2.38. The van der Waals surface area contributed by atoms with Crippen LogP contribution in [0, 0.1) is 5.82 Å². The zero-order valence-corrected chi connectivity index (χ0v) is 15.3. The van der Waals surface area contributed by atoms with Gasteiger partial charge in [0.2, 0.25) is 0 Å². The van der Waals surface area contributed by atoms with Crippen LogP contribution in [0.25, 0.3) is 22.5 Å². The molecule has 0 spiro atoms. The summed E-state index contributed by atoms with van der Waals surface area (Å²) in [5, 5.41) is 9.94. The first-order valence-corrected chi connectivity index (χ1v) is 8.68. The molecule has 4 rings (SSSR count). The minimum atomic E-state index is -5.08. The molecule has 10 heteroatoms. The van der Waals surface area contributed by atoms with Crippen molar-refractivity contribution in [3.63, 3.8) is 0 Å². The number of carboxylic acid groups (broad SMARTS) is 1. The van der Waals surface area contributed by atoms with Gasteiger partial charge in [0.1, 0.15) is 11.5 Å². The number of rotatable bonds is 2.